The topological polar surface area (TPSA) is 56.2 Å². The zero-order valence-electron chi connectivity index (χ0n) is 16.7. The quantitative estimate of drug-likeness (QED) is 0.423. The summed E-state index contributed by atoms with van der Waals surface area (Å²) in [5.74, 6) is 0.446. The summed E-state index contributed by atoms with van der Waals surface area (Å²) in [6.07, 6.45) is 0.762. The number of benzene rings is 2. The summed E-state index contributed by atoms with van der Waals surface area (Å²) >= 11 is 18.1. The SMILES string of the molecule is Cc1nn(CCCNC(=O)c2ccc(COc3ccc(Cl)cc3Cl)cc2)c(C)c1Cl. The molecule has 1 amide bonds. The van der Waals surface area contributed by atoms with E-state index in [1.165, 1.54) is 0 Å². The van der Waals surface area contributed by atoms with Gasteiger partial charge in [-0.2, -0.15) is 5.10 Å². The molecule has 0 fully saturated rings. The molecule has 5 nitrogen and oxygen atoms in total. The maximum Gasteiger partial charge on any atom is 0.251 e. The number of amides is 1. The maximum atomic E-state index is 12.3. The van der Waals surface area contributed by atoms with E-state index in [4.69, 9.17) is 39.5 Å². The predicted octanol–water partition coefficient (Wildman–Crippen LogP) is 5.86. The molecule has 8 heteroatoms. The van der Waals surface area contributed by atoms with Crippen molar-refractivity contribution in [2.45, 2.75) is 33.4 Å². The molecule has 0 unspecified atom stereocenters. The number of nitrogens with one attached hydrogen (secondary N) is 1. The van der Waals surface area contributed by atoms with Crippen molar-refractivity contribution in [3.05, 3.63) is 80.0 Å². The Labute approximate surface area is 190 Å². The average molecular weight is 467 g/mol. The molecule has 3 aromatic rings. The maximum absolute atomic E-state index is 12.3. The number of carbonyl (C=O) groups excluding carboxylic acids is 1. The molecule has 1 aromatic heterocycles. The smallest absolute Gasteiger partial charge is 0.251 e. The number of carbonyl (C=O) groups is 1. The first-order valence-electron chi connectivity index (χ1n) is 9.49. The third-order valence-corrected chi connectivity index (χ3v) is 5.71. The van der Waals surface area contributed by atoms with Crippen molar-refractivity contribution >= 4 is 40.7 Å². The van der Waals surface area contributed by atoms with Gasteiger partial charge in [0, 0.05) is 23.7 Å². The summed E-state index contributed by atoms with van der Waals surface area (Å²) in [7, 11) is 0. The fourth-order valence-corrected chi connectivity index (χ4v) is 3.53. The zero-order chi connectivity index (χ0) is 21.7. The van der Waals surface area contributed by atoms with E-state index in [0.29, 0.717) is 46.1 Å². The molecule has 0 aliphatic rings. The number of nitrogens with zero attached hydrogens (tertiary/aromatic N) is 2. The average Bonchev–Trinajstić information content (AvgIpc) is 2.97. The lowest BCUT2D eigenvalue weighted by molar-refractivity contribution is 0.0952. The molecule has 0 saturated heterocycles. The number of hydrogen-bond donors (Lipinski definition) is 1. The molecule has 1 N–H and O–H groups in total. The van der Waals surface area contributed by atoms with Crippen molar-refractivity contribution in [1.29, 1.82) is 0 Å². The van der Waals surface area contributed by atoms with Gasteiger partial charge in [-0.1, -0.05) is 46.9 Å². The largest absolute Gasteiger partial charge is 0.487 e. The van der Waals surface area contributed by atoms with Crippen LogP contribution in [0.15, 0.2) is 42.5 Å². The molecular weight excluding hydrogens is 445 g/mol. The highest BCUT2D eigenvalue weighted by Crippen LogP contribution is 2.28. The second-order valence-corrected chi connectivity index (χ2v) is 8.10. The lowest BCUT2D eigenvalue weighted by atomic mass is 10.1. The number of ether oxygens (including phenoxy) is 1. The van der Waals surface area contributed by atoms with Gasteiger partial charge in [0.25, 0.3) is 5.91 Å². The number of aromatic nitrogens is 2. The molecule has 1 heterocycles. The Morgan fingerprint density at radius 2 is 1.83 bits per heavy atom. The molecule has 3 rings (SSSR count). The summed E-state index contributed by atoms with van der Waals surface area (Å²) in [5.41, 5.74) is 3.29. The Bertz CT molecular complexity index is 1030. The summed E-state index contributed by atoms with van der Waals surface area (Å²) in [5, 5.41) is 9.03. The van der Waals surface area contributed by atoms with E-state index in [9.17, 15) is 4.79 Å². The van der Waals surface area contributed by atoms with Crippen LogP contribution >= 0.6 is 34.8 Å². The van der Waals surface area contributed by atoms with Crippen LogP contribution in [0, 0.1) is 13.8 Å². The molecular formula is C22H22Cl3N3O2. The minimum absolute atomic E-state index is 0.116. The van der Waals surface area contributed by atoms with Gasteiger partial charge in [0.2, 0.25) is 0 Å². The molecule has 158 valence electrons. The zero-order valence-corrected chi connectivity index (χ0v) is 19.0. The van der Waals surface area contributed by atoms with Crippen LogP contribution in [-0.2, 0) is 13.2 Å². The molecule has 0 radical (unpaired) electrons. The van der Waals surface area contributed by atoms with E-state index in [1.807, 2.05) is 30.7 Å². The highest BCUT2D eigenvalue weighted by Gasteiger charge is 2.09. The van der Waals surface area contributed by atoms with Crippen LogP contribution < -0.4 is 10.1 Å². The van der Waals surface area contributed by atoms with Crippen molar-refractivity contribution in [2.24, 2.45) is 0 Å². The highest BCUT2D eigenvalue weighted by atomic mass is 35.5. The van der Waals surface area contributed by atoms with Crippen LogP contribution in [-0.4, -0.2) is 22.2 Å². The van der Waals surface area contributed by atoms with Gasteiger partial charge in [0.15, 0.2) is 0 Å². The second-order valence-electron chi connectivity index (χ2n) is 6.88. The fourth-order valence-electron chi connectivity index (χ4n) is 2.93. The van der Waals surface area contributed by atoms with Crippen LogP contribution in [0.1, 0.15) is 33.7 Å². The van der Waals surface area contributed by atoms with Gasteiger partial charge < -0.3 is 10.1 Å². The van der Waals surface area contributed by atoms with Crippen LogP contribution in [0.4, 0.5) is 0 Å². The molecule has 0 spiro atoms. The van der Waals surface area contributed by atoms with Crippen molar-refractivity contribution in [2.75, 3.05) is 6.54 Å². The van der Waals surface area contributed by atoms with Gasteiger partial charge in [-0.25, -0.2) is 0 Å². The summed E-state index contributed by atoms with van der Waals surface area (Å²) in [6.45, 7) is 5.41. The second kappa shape index (κ2) is 10.2. The van der Waals surface area contributed by atoms with E-state index >= 15 is 0 Å². The van der Waals surface area contributed by atoms with Gasteiger partial charge in [-0.15, -0.1) is 0 Å². The van der Waals surface area contributed by atoms with Gasteiger partial charge in [0.05, 0.1) is 21.4 Å². The Morgan fingerprint density at radius 1 is 1.10 bits per heavy atom. The molecule has 0 saturated carbocycles. The van der Waals surface area contributed by atoms with Crippen LogP contribution in [0.3, 0.4) is 0 Å². The van der Waals surface area contributed by atoms with E-state index in [2.05, 4.69) is 10.4 Å². The Hall–Kier alpha value is -2.21. The molecule has 0 bridgehead atoms. The number of hydrogen-bond acceptors (Lipinski definition) is 3. The number of halogens is 3. The molecule has 0 aliphatic heterocycles. The van der Waals surface area contributed by atoms with Crippen LogP contribution in [0.25, 0.3) is 0 Å². The summed E-state index contributed by atoms with van der Waals surface area (Å²) in [6, 6.07) is 12.4. The van der Waals surface area contributed by atoms with E-state index in [-0.39, 0.29) is 5.91 Å². The highest BCUT2D eigenvalue weighted by molar-refractivity contribution is 6.35. The molecule has 0 atom stereocenters. The summed E-state index contributed by atoms with van der Waals surface area (Å²) in [4.78, 5) is 12.3. The third kappa shape index (κ3) is 5.69. The Morgan fingerprint density at radius 3 is 2.47 bits per heavy atom. The lowest BCUT2D eigenvalue weighted by Crippen LogP contribution is -2.25. The van der Waals surface area contributed by atoms with Gasteiger partial charge in [-0.05, 0) is 56.2 Å². The summed E-state index contributed by atoms with van der Waals surface area (Å²) < 4.78 is 7.58. The van der Waals surface area contributed by atoms with E-state index in [1.54, 1.807) is 30.3 Å². The first-order chi connectivity index (χ1) is 14.3. The standard InChI is InChI=1S/C22H22Cl3N3O2/c1-14-21(25)15(2)28(27-14)11-3-10-26-22(29)17-6-4-16(5-7-17)13-30-20-9-8-18(23)12-19(20)24/h4-9,12H,3,10-11,13H2,1-2H3,(H,26,29). The predicted molar refractivity (Wildman–Crippen MR) is 121 cm³/mol. The third-order valence-electron chi connectivity index (χ3n) is 4.63. The van der Waals surface area contributed by atoms with Gasteiger partial charge >= 0.3 is 0 Å². The first kappa shape index (κ1) is 22.5. The monoisotopic (exact) mass is 465 g/mol. The van der Waals surface area contributed by atoms with Crippen molar-refractivity contribution in [3.63, 3.8) is 0 Å². The van der Waals surface area contributed by atoms with Crippen LogP contribution in [0.2, 0.25) is 15.1 Å². The van der Waals surface area contributed by atoms with Gasteiger partial charge in [0.1, 0.15) is 12.4 Å². The lowest BCUT2D eigenvalue weighted by Gasteiger charge is -2.09. The van der Waals surface area contributed by atoms with Crippen molar-refractivity contribution < 1.29 is 9.53 Å². The number of rotatable bonds is 8. The normalized spacial score (nSPS) is 10.8. The first-order valence-corrected chi connectivity index (χ1v) is 10.6. The van der Waals surface area contributed by atoms with Crippen molar-refractivity contribution in [3.8, 4) is 5.75 Å². The van der Waals surface area contributed by atoms with Gasteiger partial charge in [-0.3, -0.25) is 9.48 Å². The molecule has 0 aliphatic carbocycles. The van der Waals surface area contributed by atoms with Crippen molar-refractivity contribution in [1.82, 2.24) is 15.1 Å². The minimum atomic E-state index is -0.116. The van der Waals surface area contributed by atoms with E-state index < -0.39 is 0 Å². The Balaban J connectivity index is 1.45. The molecule has 2 aromatic carbocycles. The Kier molecular flexibility index (Phi) is 7.64. The van der Waals surface area contributed by atoms with Crippen LogP contribution in [0.5, 0.6) is 5.75 Å². The molecule has 30 heavy (non-hydrogen) atoms. The fraction of sp³-hybridized carbons (Fsp3) is 0.273. The number of aryl methyl sites for hydroxylation is 2. The van der Waals surface area contributed by atoms with E-state index in [0.717, 1.165) is 23.4 Å². The minimum Gasteiger partial charge on any atom is -0.487 e.